The summed E-state index contributed by atoms with van der Waals surface area (Å²) in [7, 11) is 0. The largest absolute Gasteiger partial charge is 0.459 e. The Labute approximate surface area is 97.6 Å². The molecule has 0 aromatic rings. The fourth-order valence-corrected chi connectivity index (χ4v) is 2.09. The Morgan fingerprint density at radius 2 is 2.19 bits per heavy atom. The number of hydrogen-bond donors (Lipinski definition) is 1. The molecule has 94 valence electrons. The molecule has 4 nitrogen and oxygen atoms in total. The van der Waals surface area contributed by atoms with Crippen molar-refractivity contribution >= 4 is 5.97 Å². The van der Waals surface area contributed by atoms with Gasteiger partial charge in [0.25, 0.3) is 0 Å². The molecule has 1 heterocycles. The highest BCUT2D eigenvalue weighted by Gasteiger charge is 2.33. The van der Waals surface area contributed by atoms with Gasteiger partial charge >= 0.3 is 5.97 Å². The smallest absolute Gasteiger partial charge is 0.323 e. The van der Waals surface area contributed by atoms with E-state index >= 15 is 0 Å². The van der Waals surface area contributed by atoms with Crippen LogP contribution < -0.4 is 0 Å². The van der Waals surface area contributed by atoms with Crippen LogP contribution >= 0.6 is 0 Å². The minimum Gasteiger partial charge on any atom is -0.459 e. The Morgan fingerprint density at radius 1 is 1.56 bits per heavy atom. The summed E-state index contributed by atoms with van der Waals surface area (Å²) in [4.78, 5) is 13.9. The van der Waals surface area contributed by atoms with Crippen molar-refractivity contribution in [2.24, 2.45) is 0 Å². The van der Waals surface area contributed by atoms with Crippen LogP contribution in [0.15, 0.2) is 0 Å². The average Bonchev–Trinajstić information content (AvgIpc) is 2.61. The third-order valence-electron chi connectivity index (χ3n) is 2.88. The second-order valence-electron chi connectivity index (χ2n) is 5.43. The minimum absolute atomic E-state index is 0.113. The lowest BCUT2D eigenvalue weighted by Gasteiger charge is -2.30. The first kappa shape index (κ1) is 13.5. The molecule has 0 radical (unpaired) electrons. The number of esters is 1. The van der Waals surface area contributed by atoms with Gasteiger partial charge in [-0.1, -0.05) is 0 Å². The van der Waals surface area contributed by atoms with Gasteiger partial charge in [-0.2, -0.15) is 0 Å². The normalized spacial score (nSPS) is 24.4. The van der Waals surface area contributed by atoms with Gasteiger partial charge in [0.15, 0.2) is 0 Å². The van der Waals surface area contributed by atoms with E-state index in [4.69, 9.17) is 4.74 Å². The number of hydrogen-bond acceptors (Lipinski definition) is 4. The molecule has 0 bridgehead atoms. The Bertz CT molecular complexity index is 247. The molecule has 1 fully saturated rings. The fraction of sp³-hybridized carbons (Fsp3) is 0.917. The lowest BCUT2D eigenvalue weighted by atomic mass is 10.1. The van der Waals surface area contributed by atoms with Crippen molar-refractivity contribution in [3.8, 4) is 0 Å². The first-order valence-electron chi connectivity index (χ1n) is 5.94. The van der Waals surface area contributed by atoms with Crippen molar-refractivity contribution in [1.29, 1.82) is 0 Å². The zero-order valence-electron chi connectivity index (χ0n) is 10.7. The van der Waals surface area contributed by atoms with Crippen molar-refractivity contribution < 1.29 is 14.6 Å². The van der Waals surface area contributed by atoms with Crippen LogP contribution in [0.1, 0.15) is 40.5 Å². The number of nitrogens with zero attached hydrogens (tertiary/aromatic N) is 1. The molecular formula is C12H23NO3. The number of rotatable bonds is 3. The molecule has 1 aliphatic heterocycles. The van der Waals surface area contributed by atoms with E-state index in [2.05, 4.69) is 0 Å². The number of carbonyl (C=O) groups excluding carboxylic acids is 1. The highest BCUT2D eigenvalue weighted by Crippen LogP contribution is 2.21. The van der Waals surface area contributed by atoms with Gasteiger partial charge in [-0.05, 0) is 47.1 Å². The summed E-state index contributed by atoms with van der Waals surface area (Å²) in [5, 5.41) is 9.21. The lowest BCUT2D eigenvalue weighted by Crippen LogP contribution is -2.46. The van der Waals surface area contributed by atoms with E-state index in [9.17, 15) is 9.90 Å². The SMILES string of the molecule is C[C@@H](C(=O)OC(C)(C)C)N1CCC[C@H]1CO. The first-order valence-corrected chi connectivity index (χ1v) is 5.94. The van der Waals surface area contributed by atoms with Crippen LogP contribution in [0.2, 0.25) is 0 Å². The molecule has 0 aliphatic carbocycles. The number of ether oxygens (including phenoxy) is 1. The maximum Gasteiger partial charge on any atom is 0.323 e. The summed E-state index contributed by atoms with van der Waals surface area (Å²) in [6.07, 6.45) is 2.00. The molecule has 1 saturated heterocycles. The van der Waals surface area contributed by atoms with Gasteiger partial charge in [0.2, 0.25) is 0 Å². The van der Waals surface area contributed by atoms with Crippen molar-refractivity contribution in [3.05, 3.63) is 0 Å². The van der Waals surface area contributed by atoms with Crippen LogP contribution in [-0.4, -0.2) is 46.8 Å². The van der Waals surface area contributed by atoms with Gasteiger partial charge in [-0.15, -0.1) is 0 Å². The third-order valence-corrected chi connectivity index (χ3v) is 2.88. The van der Waals surface area contributed by atoms with Gasteiger partial charge in [0.05, 0.1) is 6.61 Å². The van der Waals surface area contributed by atoms with Crippen LogP contribution in [0.3, 0.4) is 0 Å². The molecule has 2 atom stereocenters. The lowest BCUT2D eigenvalue weighted by molar-refractivity contribution is -0.161. The second-order valence-corrected chi connectivity index (χ2v) is 5.43. The van der Waals surface area contributed by atoms with E-state index in [-0.39, 0.29) is 24.7 Å². The van der Waals surface area contributed by atoms with Crippen LogP contribution in [0.5, 0.6) is 0 Å². The predicted molar refractivity (Wildman–Crippen MR) is 62.1 cm³/mol. The Kier molecular flexibility index (Phi) is 4.33. The molecule has 0 aromatic carbocycles. The van der Waals surface area contributed by atoms with E-state index in [1.807, 2.05) is 32.6 Å². The molecule has 4 heteroatoms. The topological polar surface area (TPSA) is 49.8 Å². The number of likely N-dealkylation sites (tertiary alicyclic amines) is 1. The maximum absolute atomic E-state index is 11.9. The zero-order chi connectivity index (χ0) is 12.3. The van der Waals surface area contributed by atoms with E-state index in [0.29, 0.717) is 0 Å². The molecule has 1 aliphatic rings. The maximum atomic E-state index is 11.9. The monoisotopic (exact) mass is 229 g/mol. The molecule has 0 aromatic heterocycles. The standard InChI is InChI=1S/C12H23NO3/c1-9(11(15)16-12(2,3)4)13-7-5-6-10(13)8-14/h9-10,14H,5-8H2,1-4H3/t9-,10-/m0/s1. The van der Waals surface area contributed by atoms with Crippen molar-refractivity contribution in [1.82, 2.24) is 4.90 Å². The summed E-state index contributed by atoms with van der Waals surface area (Å²) in [6.45, 7) is 8.43. The van der Waals surface area contributed by atoms with E-state index < -0.39 is 5.60 Å². The van der Waals surface area contributed by atoms with Gasteiger partial charge in [-0.3, -0.25) is 9.69 Å². The summed E-state index contributed by atoms with van der Waals surface area (Å²) >= 11 is 0. The summed E-state index contributed by atoms with van der Waals surface area (Å²) in [5.41, 5.74) is -0.445. The van der Waals surface area contributed by atoms with Crippen LogP contribution in [0.25, 0.3) is 0 Å². The molecule has 16 heavy (non-hydrogen) atoms. The molecule has 0 saturated carbocycles. The first-order chi connectivity index (χ1) is 7.35. The molecule has 1 N–H and O–H groups in total. The van der Waals surface area contributed by atoms with E-state index in [1.54, 1.807) is 0 Å². The van der Waals surface area contributed by atoms with Crippen molar-refractivity contribution in [2.75, 3.05) is 13.2 Å². The van der Waals surface area contributed by atoms with Gasteiger partial charge in [0, 0.05) is 6.04 Å². The van der Waals surface area contributed by atoms with E-state index in [0.717, 1.165) is 19.4 Å². The van der Waals surface area contributed by atoms with Gasteiger partial charge < -0.3 is 9.84 Å². The highest BCUT2D eigenvalue weighted by molar-refractivity contribution is 5.75. The molecule has 0 amide bonds. The second kappa shape index (κ2) is 5.15. The number of aliphatic hydroxyl groups excluding tert-OH is 1. The van der Waals surface area contributed by atoms with Crippen LogP contribution in [-0.2, 0) is 9.53 Å². The van der Waals surface area contributed by atoms with E-state index in [1.165, 1.54) is 0 Å². The summed E-state index contributed by atoms with van der Waals surface area (Å²) in [5.74, 6) is -0.201. The number of carbonyl (C=O) groups is 1. The number of aliphatic hydroxyl groups is 1. The quantitative estimate of drug-likeness (QED) is 0.738. The average molecular weight is 229 g/mol. The molecule has 0 unspecified atom stereocenters. The Hall–Kier alpha value is -0.610. The zero-order valence-corrected chi connectivity index (χ0v) is 10.7. The van der Waals surface area contributed by atoms with Crippen molar-refractivity contribution in [3.63, 3.8) is 0 Å². The van der Waals surface area contributed by atoms with Gasteiger partial charge in [0.1, 0.15) is 11.6 Å². The minimum atomic E-state index is -0.445. The molecular weight excluding hydrogens is 206 g/mol. The van der Waals surface area contributed by atoms with Gasteiger partial charge in [-0.25, -0.2) is 0 Å². The third kappa shape index (κ3) is 3.46. The molecule has 0 spiro atoms. The summed E-state index contributed by atoms with van der Waals surface area (Å²) < 4.78 is 5.34. The Morgan fingerprint density at radius 3 is 2.69 bits per heavy atom. The Balaban J connectivity index is 2.56. The fourth-order valence-electron chi connectivity index (χ4n) is 2.09. The molecule has 1 rings (SSSR count). The highest BCUT2D eigenvalue weighted by atomic mass is 16.6. The van der Waals surface area contributed by atoms with Crippen molar-refractivity contribution in [2.45, 2.75) is 58.2 Å². The van der Waals surface area contributed by atoms with Crippen LogP contribution in [0.4, 0.5) is 0 Å². The summed E-state index contributed by atoms with van der Waals surface area (Å²) in [6, 6.07) is -0.151. The predicted octanol–water partition coefficient (Wildman–Crippen LogP) is 1.17. The van der Waals surface area contributed by atoms with Crippen LogP contribution in [0, 0.1) is 0 Å².